The van der Waals surface area contributed by atoms with Gasteiger partial charge in [0.1, 0.15) is 17.5 Å². The molecule has 206 valence electrons. The number of nitrogens with zero attached hydrogens (tertiary/aromatic N) is 4. The molecule has 2 aliphatic heterocycles. The van der Waals surface area contributed by atoms with E-state index >= 15 is 0 Å². The number of amides is 2. The maximum absolute atomic E-state index is 13.2. The molecule has 2 fully saturated rings. The number of carbonyl (C=O) groups excluding carboxylic acids is 2. The van der Waals surface area contributed by atoms with Crippen LogP contribution in [-0.2, 0) is 9.53 Å². The average molecular weight is 526 g/mol. The summed E-state index contributed by atoms with van der Waals surface area (Å²) in [6.45, 7) is 12.1. The molecule has 2 amide bonds. The van der Waals surface area contributed by atoms with Gasteiger partial charge in [-0.2, -0.15) is 0 Å². The number of benzene rings is 1. The zero-order valence-electron chi connectivity index (χ0n) is 23.0. The van der Waals surface area contributed by atoms with Gasteiger partial charge in [-0.25, -0.2) is 9.78 Å². The van der Waals surface area contributed by atoms with E-state index in [9.17, 15) is 9.59 Å². The summed E-state index contributed by atoms with van der Waals surface area (Å²) in [5, 5.41) is 2.92. The van der Waals surface area contributed by atoms with Crippen LogP contribution in [0.2, 0.25) is 0 Å². The van der Waals surface area contributed by atoms with Crippen LogP contribution < -0.4 is 19.7 Å². The predicted octanol–water partition coefficient (Wildman–Crippen LogP) is 4.51. The molecule has 2 saturated heterocycles. The number of anilines is 2. The molecule has 2 aromatic rings. The maximum atomic E-state index is 13.2. The molecule has 1 N–H and O–H groups in total. The van der Waals surface area contributed by atoms with E-state index in [2.05, 4.69) is 20.2 Å². The molecule has 0 radical (unpaired) electrons. The third-order valence-corrected chi connectivity index (χ3v) is 6.68. The van der Waals surface area contributed by atoms with Crippen LogP contribution in [0.4, 0.5) is 16.4 Å². The van der Waals surface area contributed by atoms with E-state index in [0.29, 0.717) is 37.8 Å². The van der Waals surface area contributed by atoms with Crippen molar-refractivity contribution in [3.8, 4) is 11.5 Å². The molecule has 10 heteroatoms. The van der Waals surface area contributed by atoms with Crippen molar-refractivity contribution in [3.63, 3.8) is 0 Å². The molecule has 2 aliphatic rings. The average Bonchev–Trinajstić information content (AvgIpc) is 3.29. The zero-order chi connectivity index (χ0) is 27.3. The van der Waals surface area contributed by atoms with Gasteiger partial charge < -0.3 is 29.3 Å². The van der Waals surface area contributed by atoms with Crippen LogP contribution in [0.25, 0.3) is 0 Å². The van der Waals surface area contributed by atoms with Gasteiger partial charge in [0, 0.05) is 19.6 Å². The largest absolute Gasteiger partial charge is 0.490 e. The summed E-state index contributed by atoms with van der Waals surface area (Å²) < 4.78 is 17.5. The second kappa shape index (κ2) is 11.4. The van der Waals surface area contributed by atoms with Crippen LogP contribution in [0.1, 0.15) is 53.9 Å². The van der Waals surface area contributed by atoms with Gasteiger partial charge >= 0.3 is 6.09 Å². The van der Waals surface area contributed by atoms with E-state index in [1.54, 1.807) is 17.3 Å². The van der Waals surface area contributed by atoms with E-state index in [1.807, 2.05) is 58.9 Å². The molecule has 1 aromatic heterocycles. The highest BCUT2D eigenvalue weighted by Gasteiger charge is 2.43. The number of ether oxygens (including phenoxy) is 3. The van der Waals surface area contributed by atoms with Gasteiger partial charge in [-0.1, -0.05) is 12.1 Å². The first kappa shape index (κ1) is 27.5. The molecule has 0 spiro atoms. The number of carbonyl (C=O) groups is 2. The third-order valence-electron chi connectivity index (χ3n) is 6.68. The van der Waals surface area contributed by atoms with E-state index in [1.165, 1.54) is 0 Å². The topological polar surface area (TPSA) is 106 Å². The minimum Gasteiger partial charge on any atom is -0.490 e. The van der Waals surface area contributed by atoms with E-state index < -0.39 is 17.1 Å². The summed E-state index contributed by atoms with van der Waals surface area (Å²) in [6, 6.07) is 7.71. The smallest absolute Gasteiger partial charge is 0.410 e. The van der Waals surface area contributed by atoms with E-state index in [4.69, 9.17) is 14.2 Å². The molecular formula is C28H39N5O5. The minimum atomic E-state index is -0.743. The zero-order valence-corrected chi connectivity index (χ0v) is 23.0. The van der Waals surface area contributed by atoms with Crippen LogP contribution in [0, 0.1) is 5.41 Å². The SMILES string of the molecule is CCOc1ccccc1O[C@@H]1CCCN(c2cncc(NC(=O)C3(C)CCN(C(=O)OC(C)(C)C)C3)n2)C1. The maximum Gasteiger partial charge on any atom is 0.410 e. The fourth-order valence-corrected chi connectivity index (χ4v) is 4.71. The predicted molar refractivity (Wildman–Crippen MR) is 145 cm³/mol. The van der Waals surface area contributed by atoms with Crippen molar-refractivity contribution in [2.45, 2.75) is 65.6 Å². The monoisotopic (exact) mass is 525 g/mol. The summed E-state index contributed by atoms with van der Waals surface area (Å²) >= 11 is 0. The number of hydrogen-bond acceptors (Lipinski definition) is 8. The van der Waals surface area contributed by atoms with E-state index in [-0.39, 0.29) is 18.6 Å². The standard InChI is InChI=1S/C28H39N5O5/c1-6-36-21-11-7-8-12-22(21)37-20-10-9-14-32(18-20)24-17-29-16-23(30-24)31-25(34)28(5)13-15-33(19-28)26(35)38-27(2,3)4/h7-8,11-12,16-17,20H,6,9-10,13-15,18-19H2,1-5H3,(H,30,31,34)/t20-,28?/m1/s1. The number of nitrogens with one attached hydrogen (secondary N) is 1. The van der Waals surface area contributed by atoms with Crippen molar-refractivity contribution in [2.24, 2.45) is 5.41 Å². The van der Waals surface area contributed by atoms with Crippen molar-refractivity contribution in [3.05, 3.63) is 36.7 Å². The Labute approximate surface area is 224 Å². The van der Waals surface area contributed by atoms with Crippen LogP contribution in [0.5, 0.6) is 11.5 Å². The molecule has 0 bridgehead atoms. The van der Waals surface area contributed by atoms with Crippen molar-refractivity contribution in [1.82, 2.24) is 14.9 Å². The molecule has 0 aliphatic carbocycles. The van der Waals surface area contributed by atoms with Gasteiger partial charge in [0.05, 0.1) is 31.0 Å². The number of piperidine rings is 1. The second-order valence-electron chi connectivity index (χ2n) is 11.1. The van der Waals surface area contributed by atoms with Gasteiger partial charge in [0.2, 0.25) is 5.91 Å². The fraction of sp³-hybridized carbons (Fsp3) is 0.571. The molecular weight excluding hydrogens is 486 g/mol. The fourth-order valence-electron chi connectivity index (χ4n) is 4.71. The first-order chi connectivity index (χ1) is 18.1. The lowest BCUT2D eigenvalue weighted by atomic mass is 9.89. The Kier molecular flexibility index (Phi) is 8.28. The molecule has 38 heavy (non-hydrogen) atoms. The van der Waals surface area contributed by atoms with E-state index in [0.717, 1.165) is 30.9 Å². The number of aromatic nitrogens is 2. The Bertz CT molecular complexity index is 1140. The van der Waals surface area contributed by atoms with Gasteiger partial charge in [-0.05, 0) is 66.0 Å². The summed E-state index contributed by atoms with van der Waals surface area (Å²) in [4.78, 5) is 38.4. The van der Waals surface area contributed by atoms with Crippen molar-refractivity contribution in [2.75, 3.05) is 43.0 Å². The highest BCUT2D eigenvalue weighted by molar-refractivity contribution is 5.95. The van der Waals surface area contributed by atoms with Crippen molar-refractivity contribution in [1.29, 1.82) is 0 Å². The van der Waals surface area contributed by atoms with Gasteiger partial charge in [0.15, 0.2) is 17.3 Å². The van der Waals surface area contributed by atoms with Crippen molar-refractivity contribution >= 4 is 23.6 Å². The quantitative estimate of drug-likeness (QED) is 0.563. The van der Waals surface area contributed by atoms with Crippen molar-refractivity contribution < 1.29 is 23.8 Å². The third kappa shape index (κ3) is 6.85. The Hall–Kier alpha value is -3.56. The minimum absolute atomic E-state index is 0.0263. The molecule has 2 atom stereocenters. The van der Waals surface area contributed by atoms with Crippen LogP contribution in [0.3, 0.4) is 0 Å². The molecule has 1 unspecified atom stereocenters. The molecule has 10 nitrogen and oxygen atoms in total. The summed E-state index contributed by atoms with van der Waals surface area (Å²) in [5.74, 6) is 2.35. The molecule has 0 saturated carbocycles. The first-order valence-electron chi connectivity index (χ1n) is 13.3. The summed E-state index contributed by atoms with van der Waals surface area (Å²) in [7, 11) is 0. The van der Waals surface area contributed by atoms with Crippen LogP contribution in [-0.4, -0.2) is 71.4 Å². The molecule has 4 rings (SSSR count). The van der Waals surface area contributed by atoms with Gasteiger partial charge in [-0.15, -0.1) is 0 Å². The number of hydrogen-bond donors (Lipinski definition) is 1. The normalized spacial score (nSPS) is 21.7. The second-order valence-corrected chi connectivity index (χ2v) is 11.1. The molecule has 1 aromatic carbocycles. The Morgan fingerprint density at radius 1 is 1.16 bits per heavy atom. The highest BCUT2D eigenvalue weighted by atomic mass is 16.6. The lowest BCUT2D eigenvalue weighted by molar-refractivity contribution is -0.124. The van der Waals surface area contributed by atoms with Gasteiger partial charge in [0.25, 0.3) is 0 Å². The number of likely N-dealkylation sites (tertiary alicyclic amines) is 1. The lowest BCUT2D eigenvalue weighted by Crippen LogP contribution is -2.42. The lowest BCUT2D eigenvalue weighted by Gasteiger charge is -2.34. The van der Waals surface area contributed by atoms with Gasteiger partial charge in [-0.3, -0.25) is 9.78 Å². The Morgan fingerprint density at radius 3 is 2.66 bits per heavy atom. The first-order valence-corrected chi connectivity index (χ1v) is 13.3. The highest BCUT2D eigenvalue weighted by Crippen LogP contribution is 2.33. The Morgan fingerprint density at radius 2 is 1.92 bits per heavy atom. The van der Waals surface area contributed by atoms with Crippen LogP contribution in [0.15, 0.2) is 36.7 Å². The Balaban J connectivity index is 1.37. The number of rotatable bonds is 7. The molecule has 3 heterocycles. The van der Waals surface area contributed by atoms with Crippen LogP contribution >= 0.6 is 0 Å². The summed E-state index contributed by atoms with van der Waals surface area (Å²) in [5.41, 5.74) is -1.33. The number of para-hydroxylation sites is 2. The summed E-state index contributed by atoms with van der Waals surface area (Å²) in [6.07, 6.45) is 5.23.